The number of para-hydroxylation sites is 1. The van der Waals surface area contributed by atoms with E-state index in [1.165, 1.54) is 19.4 Å². The number of nitro groups is 1. The van der Waals surface area contributed by atoms with Crippen LogP contribution in [0.15, 0.2) is 42.5 Å². The van der Waals surface area contributed by atoms with Crippen LogP contribution in [-0.4, -0.2) is 28.5 Å². The van der Waals surface area contributed by atoms with Crippen LogP contribution in [0, 0.1) is 10.1 Å². The lowest BCUT2D eigenvalue weighted by molar-refractivity contribution is -0.499. The molecule has 0 radical (unpaired) electrons. The number of ether oxygens (including phenoxy) is 1. The lowest BCUT2D eigenvalue weighted by atomic mass is 10.2. The smallest absolute Gasteiger partial charge is 0.274 e. The molecule has 4 N–H and O–H groups in total. The third-order valence-corrected chi connectivity index (χ3v) is 3.17. The number of methoxy groups -OCH3 is 1. The summed E-state index contributed by atoms with van der Waals surface area (Å²) in [5.74, 6) is -0.221. The first-order valence-corrected chi connectivity index (χ1v) is 7.18. The zero-order valence-corrected chi connectivity index (χ0v) is 13.5. The zero-order valence-electron chi connectivity index (χ0n) is 12.6. The van der Waals surface area contributed by atoms with Gasteiger partial charge >= 0.3 is 0 Å². The summed E-state index contributed by atoms with van der Waals surface area (Å²) in [4.78, 5) is 10.3. The Balaban J connectivity index is 2.09. The van der Waals surface area contributed by atoms with E-state index in [1.807, 2.05) is 30.3 Å². The van der Waals surface area contributed by atoms with Crippen molar-refractivity contribution in [3.05, 3.63) is 58.1 Å². The number of anilines is 1. The minimum atomic E-state index is -0.575. The second-order valence-electron chi connectivity index (χ2n) is 4.58. The van der Waals surface area contributed by atoms with Gasteiger partial charge < -0.3 is 15.2 Å². The van der Waals surface area contributed by atoms with E-state index in [-0.39, 0.29) is 27.9 Å². The predicted octanol–water partition coefficient (Wildman–Crippen LogP) is 0.710. The topological polar surface area (TPSA) is 111 Å². The lowest BCUT2D eigenvalue weighted by Crippen LogP contribution is -2.82. The van der Waals surface area contributed by atoms with Gasteiger partial charge in [0.05, 0.1) is 23.7 Å². The molecule has 0 saturated heterocycles. The second kappa shape index (κ2) is 7.88. The molecule has 0 amide bonds. The number of nitro benzene ring substituents is 1. The Morgan fingerprint density at radius 3 is 2.71 bits per heavy atom. The molecule has 124 valence electrons. The first-order chi connectivity index (χ1) is 11.5. The van der Waals surface area contributed by atoms with Crippen molar-refractivity contribution in [1.29, 1.82) is 0 Å². The van der Waals surface area contributed by atoms with Crippen molar-refractivity contribution in [3.63, 3.8) is 0 Å². The van der Waals surface area contributed by atoms with Gasteiger partial charge in [0.25, 0.3) is 5.69 Å². The van der Waals surface area contributed by atoms with Gasteiger partial charge in [-0.05, 0) is 24.4 Å². The van der Waals surface area contributed by atoms with Crippen LogP contribution in [0.4, 0.5) is 11.4 Å². The van der Waals surface area contributed by atoms with Crippen LogP contribution in [-0.2, 0) is 0 Å². The first-order valence-electron chi connectivity index (χ1n) is 6.77. The van der Waals surface area contributed by atoms with Crippen molar-refractivity contribution in [2.75, 3.05) is 12.4 Å². The number of hydrazone groups is 1. The van der Waals surface area contributed by atoms with Crippen molar-refractivity contribution in [2.24, 2.45) is 0 Å². The molecule has 24 heavy (non-hydrogen) atoms. The number of aromatic hydroxyl groups is 1. The molecule has 2 aromatic carbocycles. The molecule has 0 aliphatic heterocycles. The highest BCUT2D eigenvalue weighted by Crippen LogP contribution is 2.33. The Labute approximate surface area is 142 Å². The molecule has 0 heterocycles. The fourth-order valence-corrected chi connectivity index (χ4v) is 2.03. The van der Waals surface area contributed by atoms with Crippen LogP contribution in [0.25, 0.3) is 0 Å². The molecule has 9 heteroatoms. The van der Waals surface area contributed by atoms with Crippen molar-refractivity contribution < 1.29 is 19.9 Å². The van der Waals surface area contributed by atoms with Gasteiger partial charge in [-0.3, -0.25) is 10.1 Å². The number of phenolic OH excluding ortho intramolecular Hbond substituents is 1. The summed E-state index contributed by atoms with van der Waals surface area (Å²) in [5, 5.41) is 26.8. The number of nitrogens with one attached hydrogen (secondary N) is 3. The number of non-ortho nitro benzene ring substituents is 1. The summed E-state index contributed by atoms with van der Waals surface area (Å²) in [6.07, 6.45) is 1.34. The standard InChI is InChI=1S/C15H14N4O4S/c1-23-13-8-12(19(21)22)7-10(14(13)20)9-16-18-15(24)17-11-5-3-2-4-6-11/h2-9,20H,1H3,(H2,17,18,24)/p+1/b16-9+. The molecule has 8 nitrogen and oxygen atoms in total. The summed E-state index contributed by atoms with van der Waals surface area (Å²) >= 11 is 5.10. The number of rotatable bonds is 5. The highest BCUT2D eigenvalue weighted by molar-refractivity contribution is 7.80. The normalized spacial score (nSPS) is 10.4. The number of hydrogen-bond acceptors (Lipinski definition) is 5. The van der Waals surface area contributed by atoms with Crippen molar-refractivity contribution >= 4 is 34.9 Å². The fourth-order valence-electron chi connectivity index (χ4n) is 1.85. The third-order valence-electron chi connectivity index (χ3n) is 2.96. The Kier molecular flexibility index (Phi) is 5.63. The molecule has 0 aliphatic rings. The molecular weight excluding hydrogens is 332 g/mol. The Morgan fingerprint density at radius 2 is 2.08 bits per heavy atom. The molecule has 0 atom stereocenters. The Hall–Kier alpha value is -3.20. The molecule has 0 saturated carbocycles. The van der Waals surface area contributed by atoms with Crippen LogP contribution in [0.3, 0.4) is 0 Å². The van der Waals surface area contributed by atoms with E-state index >= 15 is 0 Å². The molecule has 2 rings (SSSR count). The maximum Gasteiger partial charge on any atom is 0.274 e. The number of hydrogen-bond donors (Lipinski definition) is 4. The molecule has 0 spiro atoms. The number of benzene rings is 2. The van der Waals surface area contributed by atoms with E-state index in [2.05, 4.69) is 15.8 Å². The van der Waals surface area contributed by atoms with Crippen LogP contribution in [0.2, 0.25) is 0 Å². The number of hydrazine groups is 1. The summed E-state index contributed by atoms with van der Waals surface area (Å²) in [6, 6.07) is 11.6. The van der Waals surface area contributed by atoms with E-state index in [9.17, 15) is 15.2 Å². The van der Waals surface area contributed by atoms with Gasteiger partial charge in [0.1, 0.15) is 0 Å². The van der Waals surface area contributed by atoms with Gasteiger partial charge in [0.15, 0.2) is 11.5 Å². The molecule has 0 fully saturated rings. The SMILES string of the molecule is COc1cc([N+](=O)[O-])cc(/C=[NH+]/NC(=S)Nc2ccccc2)c1O. The van der Waals surface area contributed by atoms with E-state index in [1.54, 1.807) is 0 Å². The van der Waals surface area contributed by atoms with Gasteiger partial charge in [0.2, 0.25) is 11.3 Å². The number of thiocarbonyl (C=S) groups is 1. The maximum absolute atomic E-state index is 10.9. The van der Waals surface area contributed by atoms with E-state index in [0.29, 0.717) is 0 Å². The van der Waals surface area contributed by atoms with Crippen LogP contribution in [0.1, 0.15) is 5.56 Å². The molecule has 0 aliphatic carbocycles. The van der Waals surface area contributed by atoms with Gasteiger partial charge in [0, 0.05) is 11.8 Å². The summed E-state index contributed by atoms with van der Waals surface area (Å²) < 4.78 is 4.92. The predicted molar refractivity (Wildman–Crippen MR) is 93.2 cm³/mol. The van der Waals surface area contributed by atoms with Crippen LogP contribution in [0.5, 0.6) is 11.5 Å². The first kappa shape index (κ1) is 17.2. The van der Waals surface area contributed by atoms with Crippen molar-refractivity contribution in [1.82, 2.24) is 5.43 Å². The maximum atomic E-state index is 10.9. The van der Waals surface area contributed by atoms with Gasteiger partial charge in [-0.1, -0.05) is 18.2 Å². The second-order valence-corrected chi connectivity index (χ2v) is 4.99. The minimum Gasteiger partial charge on any atom is -0.504 e. The number of phenols is 1. The summed E-state index contributed by atoms with van der Waals surface area (Å²) in [7, 11) is 1.31. The quantitative estimate of drug-likeness (QED) is 0.273. The summed E-state index contributed by atoms with van der Waals surface area (Å²) in [5.41, 5.74) is 3.46. The molecular formula is C15H15N4O4S+. The van der Waals surface area contributed by atoms with Crippen molar-refractivity contribution in [2.45, 2.75) is 0 Å². The van der Waals surface area contributed by atoms with Crippen LogP contribution >= 0.6 is 12.2 Å². The van der Waals surface area contributed by atoms with Crippen LogP contribution < -0.4 is 20.6 Å². The van der Waals surface area contributed by atoms with Crippen molar-refractivity contribution in [3.8, 4) is 11.5 Å². The zero-order chi connectivity index (χ0) is 17.5. The summed E-state index contributed by atoms with van der Waals surface area (Å²) in [6.45, 7) is 0. The molecule has 0 aromatic heterocycles. The fraction of sp³-hybridized carbons (Fsp3) is 0.0667. The average Bonchev–Trinajstić information content (AvgIpc) is 2.57. The highest BCUT2D eigenvalue weighted by atomic mass is 32.1. The molecule has 2 aromatic rings. The third kappa shape index (κ3) is 4.40. The average molecular weight is 347 g/mol. The Bertz CT molecular complexity index is 781. The molecule has 0 unspecified atom stereocenters. The van der Waals surface area contributed by atoms with Gasteiger partial charge in [-0.15, -0.1) is 10.5 Å². The largest absolute Gasteiger partial charge is 0.504 e. The lowest BCUT2D eigenvalue weighted by Gasteiger charge is -2.05. The van der Waals surface area contributed by atoms with Gasteiger partial charge in [-0.25, -0.2) is 0 Å². The molecule has 0 bridgehead atoms. The van der Waals surface area contributed by atoms with Gasteiger partial charge in [-0.2, -0.15) is 0 Å². The van der Waals surface area contributed by atoms with E-state index in [0.717, 1.165) is 11.8 Å². The van der Waals surface area contributed by atoms with E-state index in [4.69, 9.17) is 17.0 Å². The monoisotopic (exact) mass is 347 g/mol. The van der Waals surface area contributed by atoms with E-state index < -0.39 is 4.92 Å². The Morgan fingerprint density at radius 1 is 1.38 bits per heavy atom. The highest BCUT2D eigenvalue weighted by Gasteiger charge is 2.17. The number of nitrogens with zero attached hydrogens (tertiary/aromatic N) is 1. The minimum absolute atomic E-state index is 0.00207.